The fourth-order valence-corrected chi connectivity index (χ4v) is 2.81. The van der Waals surface area contributed by atoms with Crippen LogP contribution in [0, 0.1) is 0 Å². The number of hydrogen-bond acceptors (Lipinski definition) is 4. The molecule has 2 aromatic heterocycles. The first-order valence-corrected chi connectivity index (χ1v) is 8.49. The third-order valence-corrected chi connectivity index (χ3v) is 4.28. The highest BCUT2D eigenvalue weighted by molar-refractivity contribution is 7.11. The van der Waals surface area contributed by atoms with Crippen LogP contribution >= 0.6 is 22.7 Å². The molecule has 6 heteroatoms. The van der Waals surface area contributed by atoms with E-state index in [1.165, 1.54) is 12.2 Å². The zero-order chi connectivity index (χ0) is 15.6. The molecule has 0 bridgehead atoms. The number of nitrogens with one attached hydrogen (secondary N) is 2. The van der Waals surface area contributed by atoms with Crippen LogP contribution in [-0.4, -0.2) is 24.9 Å². The van der Waals surface area contributed by atoms with E-state index in [-0.39, 0.29) is 11.8 Å². The van der Waals surface area contributed by atoms with Crippen molar-refractivity contribution in [3.05, 3.63) is 56.9 Å². The summed E-state index contributed by atoms with van der Waals surface area (Å²) in [4.78, 5) is 25.2. The van der Waals surface area contributed by atoms with Crippen LogP contribution in [0.1, 0.15) is 9.75 Å². The highest BCUT2D eigenvalue weighted by Crippen LogP contribution is 2.10. The van der Waals surface area contributed by atoms with Crippen molar-refractivity contribution in [2.24, 2.45) is 0 Å². The monoisotopic (exact) mass is 332 g/mol. The second-order valence-corrected chi connectivity index (χ2v) is 6.24. The normalized spacial score (nSPS) is 11.1. The first kappa shape index (κ1) is 16.2. The van der Waals surface area contributed by atoms with Gasteiger partial charge in [-0.25, -0.2) is 0 Å². The zero-order valence-corrected chi connectivity index (χ0v) is 13.5. The van der Waals surface area contributed by atoms with Crippen LogP contribution in [0.3, 0.4) is 0 Å². The van der Waals surface area contributed by atoms with Crippen molar-refractivity contribution in [3.63, 3.8) is 0 Å². The van der Waals surface area contributed by atoms with Crippen LogP contribution in [0.5, 0.6) is 0 Å². The minimum Gasteiger partial charge on any atom is -0.351 e. The maximum atomic E-state index is 11.5. The Morgan fingerprint density at radius 3 is 1.68 bits per heavy atom. The highest BCUT2D eigenvalue weighted by atomic mass is 32.1. The summed E-state index contributed by atoms with van der Waals surface area (Å²) in [5.74, 6) is -0.339. The molecule has 0 atom stereocenters. The zero-order valence-electron chi connectivity index (χ0n) is 11.8. The van der Waals surface area contributed by atoms with Crippen LogP contribution in [0.4, 0.5) is 0 Å². The van der Waals surface area contributed by atoms with Crippen molar-refractivity contribution < 1.29 is 9.59 Å². The van der Waals surface area contributed by atoms with E-state index in [1.807, 2.05) is 35.0 Å². The van der Waals surface area contributed by atoms with Gasteiger partial charge in [0.15, 0.2) is 0 Å². The van der Waals surface area contributed by atoms with Gasteiger partial charge in [-0.2, -0.15) is 0 Å². The van der Waals surface area contributed by atoms with Gasteiger partial charge in [0, 0.05) is 35.0 Å². The number of carbonyl (C=O) groups excluding carboxylic acids is 2. The van der Waals surface area contributed by atoms with Crippen molar-refractivity contribution in [1.29, 1.82) is 0 Å². The van der Waals surface area contributed by atoms with E-state index < -0.39 is 0 Å². The number of hydrogen-bond donors (Lipinski definition) is 2. The molecule has 0 saturated heterocycles. The van der Waals surface area contributed by atoms with E-state index in [0.717, 1.165) is 9.75 Å². The molecule has 0 aliphatic carbocycles. The Kier molecular flexibility index (Phi) is 6.60. The number of rotatable bonds is 7. The van der Waals surface area contributed by atoms with Gasteiger partial charge in [0.05, 0.1) is 0 Å². The average Bonchev–Trinajstić information content (AvgIpc) is 3.20. The number of amides is 2. The molecular weight excluding hydrogens is 316 g/mol. The molecule has 0 radical (unpaired) electrons. The SMILES string of the molecule is O=C(C=Cc1cccs1)NCCNC(=O)C=Cc1cccs1. The van der Waals surface area contributed by atoms with Gasteiger partial charge in [-0.15, -0.1) is 22.7 Å². The molecule has 0 aromatic carbocycles. The lowest BCUT2D eigenvalue weighted by molar-refractivity contribution is -0.118. The lowest BCUT2D eigenvalue weighted by atomic mass is 10.4. The quantitative estimate of drug-likeness (QED) is 0.605. The van der Waals surface area contributed by atoms with Gasteiger partial charge in [0.2, 0.25) is 11.8 Å². The number of thiophene rings is 2. The molecule has 2 N–H and O–H groups in total. The predicted molar refractivity (Wildman–Crippen MR) is 92.7 cm³/mol. The van der Waals surface area contributed by atoms with E-state index in [0.29, 0.717) is 13.1 Å². The van der Waals surface area contributed by atoms with E-state index in [1.54, 1.807) is 34.8 Å². The van der Waals surface area contributed by atoms with Crippen molar-refractivity contribution in [2.75, 3.05) is 13.1 Å². The fraction of sp³-hybridized carbons (Fsp3) is 0.125. The summed E-state index contributed by atoms with van der Waals surface area (Å²) in [5, 5.41) is 9.33. The molecule has 2 aromatic rings. The van der Waals surface area contributed by atoms with Gasteiger partial charge in [-0.1, -0.05) is 12.1 Å². The molecule has 0 aliphatic rings. The van der Waals surface area contributed by atoms with Gasteiger partial charge >= 0.3 is 0 Å². The highest BCUT2D eigenvalue weighted by Gasteiger charge is 1.97. The summed E-state index contributed by atoms with van der Waals surface area (Å²) in [6, 6.07) is 7.74. The van der Waals surface area contributed by atoms with E-state index in [2.05, 4.69) is 10.6 Å². The van der Waals surface area contributed by atoms with Crippen molar-refractivity contribution >= 4 is 46.6 Å². The first-order chi connectivity index (χ1) is 10.7. The topological polar surface area (TPSA) is 58.2 Å². The average molecular weight is 332 g/mol. The largest absolute Gasteiger partial charge is 0.351 e. The molecular formula is C16H16N2O2S2. The predicted octanol–water partition coefficient (Wildman–Crippen LogP) is 2.77. The Morgan fingerprint density at radius 2 is 1.32 bits per heavy atom. The minimum absolute atomic E-state index is 0.170. The van der Waals surface area contributed by atoms with Crippen molar-refractivity contribution in [3.8, 4) is 0 Å². The molecule has 114 valence electrons. The minimum atomic E-state index is -0.170. The maximum absolute atomic E-state index is 11.5. The van der Waals surface area contributed by atoms with Gasteiger partial charge in [0.25, 0.3) is 0 Å². The summed E-state index contributed by atoms with van der Waals surface area (Å²) >= 11 is 3.14. The molecule has 0 unspecified atom stereocenters. The second-order valence-electron chi connectivity index (χ2n) is 4.28. The smallest absolute Gasteiger partial charge is 0.244 e. The summed E-state index contributed by atoms with van der Waals surface area (Å²) in [6.45, 7) is 0.790. The standard InChI is InChI=1S/C16H16N2O2S2/c19-15(7-5-13-3-1-11-21-13)17-9-10-18-16(20)8-6-14-4-2-12-22-14/h1-8,11-12H,9-10H2,(H,17,19)(H,18,20). The van der Waals surface area contributed by atoms with E-state index in [4.69, 9.17) is 0 Å². The molecule has 22 heavy (non-hydrogen) atoms. The molecule has 0 fully saturated rings. The Morgan fingerprint density at radius 1 is 0.864 bits per heavy atom. The van der Waals surface area contributed by atoms with Crippen LogP contribution in [-0.2, 0) is 9.59 Å². The Balaban J connectivity index is 1.60. The van der Waals surface area contributed by atoms with Gasteiger partial charge < -0.3 is 10.6 Å². The van der Waals surface area contributed by atoms with E-state index in [9.17, 15) is 9.59 Å². The summed E-state index contributed by atoms with van der Waals surface area (Å²) < 4.78 is 0. The Labute approximate surface area is 137 Å². The van der Waals surface area contributed by atoms with Gasteiger partial charge in [-0.05, 0) is 35.0 Å². The maximum Gasteiger partial charge on any atom is 0.244 e. The van der Waals surface area contributed by atoms with E-state index >= 15 is 0 Å². The van der Waals surface area contributed by atoms with Crippen LogP contribution < -0.4 is 10.6 Å². The van der Waals surface area contributed by atoms with Gasteiger partial charge in [0.1, 0.15) is 0 Å². The second kappa shape index (κ2) is 8.96. The van der Waals surface area contributed by atoms with Crippen LogP contribution in [0.2, 0.25) is 0 Å². The van der Waals surface area contributed by atoms with Crippen LogP contribution in [0.25, 0.3) is 12.2 Å². The molecule has 2 heterocycles. The van der Waals surface area contributed by atoms with Gasteiger partial charge in [-0.3, -0.25) is 9.59 Å². The molecule has 0 aliphatic heterocycles. The van der Waals surface area contributed by atoms with Crippen LogP contribution in [0.15, 0.2) is 47.2 Å². The summed E-state index contributed by atoms with van der Waals surface area (Å²) in [7, 11) is 0. The summed E-state index contributed by atoms with van der Waals surface area (Å²) in [6.07, 6.45) is 6.51. The Bertz CT molecular complexity index is 586. The molecule has 2 rings (SSSR count). The molecule has 0 spiro atoms. The van der Waals surface area contributed by atoms with Crippen molar-refractivity contribution in [1.82, 2.24) is 10.6 Å². The van der Waals surface area contributed by atoms with Crippen molar-refractivity contribution in [2.45, 2.75) is 0 Å². The lowest BCUT2D eigenvalue weighted by Gasteiger charge is -2.02. The first-order valence-electron chi connectivity index (χ1n) is 6.73. The summed E-state index contributed by atoms with van der Waals surface area (Å²) in [5.41, 5.74) is 0. The fourth-order valence-electron chi connectivity index (χ4n) is 1.58. The number of carbonyl (C=O) groups is 2. The molecule has 2 amide bonds. The third kappa shape index (κ3) is 6.07. The third-order valence-electron chi connectivity index (χ3n) is 2.61. The lowest BCUT2D eigenvalue weighted by Crippen LogP contribution is -2.33. The Hall–Kier alpha value is -2.18. The molecule has 4 nitrogen and oxygen atoms in total. The molecule has 0 saturated carbocycles.